The highest BCUT2D eigenvalue weighted by Crippen LogP contribution is 2.23. The lowest BCUT2D eigenvalue weighted by molar-refractivity contribution is -0.121. The molecule has 0 heterocycles. The van der Waals surface area contributed by atoms with Crippen molar-refractivity contribution in [3.05, 3.63) is 65.0 Å². The van der Waals surface area contributed by atoms with E-state index in [4.69, 9.17) is 0 Å². The minimum atomic E-state index is -3.64. The van der Waals surface area contributed by atoms with E-state index in [1.807, 2.05) is 19.9 Å². The van der Waals surface area contributed by atoms with Gasteiger partial charge in [-0.25, -0.2) is 12.8 Å². The number of benzene rings is 2. The van der Waals surface area contributed by atoms with Gasteiger partial charge >= 0.3 is 0 Å². The number of carbonyl (C=O) groups is 1. The summed E-state index contributed by atoms with van der Waals surface area (Å²) in [5, 5.41) is 2.80. The lowest BCUT2D eigenvalue weighted by Crippen LogP contribution is -2.48. The topological polar surface area (TPSA) is 66.5 Å². The zero-order valence-corrected chi connectivity index (χ0v) is 17.5. The standard InChI is InChI=1S/C21H27FN2O3S/c1-15-12-16(2)14-20(13-15)24(28(4,26)27)17(3)21(25)23-11-5-6-18-7-9-19(22)10-8-18/h7-10,12-14,17H,5-6,11H2,1-4H3,(H,23,25). The minimum Gasteiger partial charge on any atom is -0.354 e. The second-order valence-corrected chi connectivity index (χ2v) is 8.96. The van der Waals surface area contributed by atoms with Crippen LogP contribution in [0.15, 0.2) is 42.5 Å². The molecule has 0 saturated carbocycles. The maximum atomic E-state index is 12.9. The predicted octanol–water partition coefficient (Wildman–Crippen LogP) is 3.35. The number of amides is 1. The van der Waals surface area contributed by atoms with E-state index in [2.05, 4.69) is 5.32 Å². The van der Waals surface area contributed by atoms with Crippen LogP contribution in [0.4, 0.5) is 10.1 Å². The maximum absolute atomic E-state index is 12.9. The Balaban J connectivity index is 2.02. The maximum Gasteiger partial charge on any atom is 0.243 e. The molecule has 0 spiro atoms. The third kappa shape index (κ3) is 6.05. The van der Waals surface area contributed by atoms with E-state index in [0.29, 0.717) is 25.1 Å². The molecule has 2 aromatic rings. The Morgan fingerprint density at radius 1 is 1.11 bits per heavy atom. The van der Waals surface area contributed by atoms with Crippen molar-refractivity contribution in [2.45, 2.75) is 39.7 Å². The lowest BCUT2D eigenvalue weighted by atomic mass is 10.1. The van der Waals surface area contributed by atoms with Crippen LogP contribution in [0.25, 0.3) is 0 Å². The van der Waals surface area contributed by atoms with E-state index < -0.39 is 16.1 Å². The van der Waals surface area contributed by atoms with Gasteiger partial charge in [-0.15, -0.1) is 0 Å². The summed E-state index contributed by atoms with van der Waals surface area (Å²) >= 11 is 0. The summed E-state index contributed by atoms with van der Waals surface area (Å²) in [6.45, 7) is 5.76. The summed E-state index contributed by atoms with van der Waals surface area (Å²) in [6, 6.07) is 10.8. The Labute approximate surface area is 166 Å². The average Bonchev–Trinajstić information content (AvgIpc) is 2.58. The second-order valence-electron chi connectivity index (χ2n) is 7.10. The highest BCUT2D eigenvalue weighted by molar-refractivity contribution is 7.92. The van der Waals surface area contributed by atoms with E-state index in [-0.39, 0.29) is 11.7 Å². The zero-order valence-electron chi connectivity index (χ0n) is 16.7. The third-order valence-electron chi connectivity index (χ3n) is 4.40. The molecule has 2 aromatic carbocycles. The molecule has 0 saturated heterocycles. The third-order valence-corrected chi connectivity index (χ3v) is 5.65. The number of hydrogen-bond donors (Lipinski definition) is 1. The fourth-order valence-corrected chi connectivity index (χ4v) is 4.35. The molecule has 0 aliphatic carbocycles. The van der Waals surface area contributed by atoms with Crippen molar-refractivity contribution < 1.29 is 17.6 Å². The normalized spacial score (nSPS) is 12.5. The number of aryl methyl sites for hydroxylation is 3. The van der Waals surface area contributed by atoms with E-state index in [1.165, 1.54) is 12.1 Å². The number of sulfonamides is 1. The summed E-state index contributed by atoms with van der Waals surface area (Å²) in [5.41, 5.74) is 3.32. The summed E-state index contributed by atoms with van der Waals surface area (Å²) in [5.74, 6) is -0.637. The summed E-state index contributed by atoms with van der Waals surface area (Å²) in [7, 11) is -3.64. The molecule has 0 fully saturated rings. The zero-order chi connectivity index (χ0) is 20.9. The Morgan fingerprint density at radius 3 is 2.21 bits per heavy atom. The Kier molecular flexibility index (Phi) is 7.18. The van der Waals surface area contributed by atoms with Crippen molar-refractivity contribution in [1.29, 1.82) is 0 Å². The van der Waals surface area contributed by atoms with Crippen molar-refractivity contribution in [1.82, 2.24) is 5.32 Å². The minimum absolute atomic E-state index is 0.280. The van der Waals surface area contributed by atoms with Crippen LogP contribution in [0.5, 0.6) is 0 Å². The first-order valence-electron chi connectivity index (χ1n) is 9.18. The molecule has 1 unspecified atom stereocenters. The van der Waals surface area contributed by atoms with Crippen LogP contribution in [-0.4, -0.2) is 33.2 Å². The van der Waals surface area contributed by atoms with Gasteiger partial charge in [0, 0.05) is 6.54 Å². The molecule has 1 amide bonds. The second kappa shape index (κ2) is 9.19. The number of rotatable bonds is 8. The molecule has 28 heavy (non-hydrogen) atoms. The molecule has 0 radical (unpaired) electrons. The molecular weight excluding hydrogens is 379 g/mol. The molecule has 1 N–H and O–H groups in total. The van der Waals surface area contributed by atoms with Crippen LogP contribution in [-0.2, 0) is 21.2 Å². The van der Waals surface area contributed by atoms with Gasteiger partial charge in [-0.3, -0.25) is 9.10 Å². The van der Waals surface area contributed by atoms with Crippen LogP contribution in [0.3, 0.4) is 0 Å². The lowest BCUT2D eigenvalue weighted by Gasteiger charge is -2.28. The fourth-order valence-electron chi connectivity index (χ4n) is 3.19. The van der Waals surface area contributed by atoms with Crippen molar-refractivity contribution in [3.63, 3.8) is 0 Å². The Bertz CT molecular complexity index is 907. The van der Waals surface area contributed by atoms with Gasteiger partial charge in [0.25, 0.3) is 0 Å². The number of anilines is 1. The molecule has 5 nitrogen and oxygen atoms in total. The number of hydrogen-bond acceptors (Lipinski definition) is 3. The van der Waals surface area contributed by atoms with Crippen molar-refractivity contribution in [2.75, 3.05) is 17.1 Å². The molecule has 152 valence electrons. The van der Waals surface area contributed by atoms with Crippen molar-refractivity contribution in [2.24, 2.45) is 0 Å². The largest absolute Gasteiger partial charge is 0.354 e. The first-order valence-corrected chi connectivity index (χ1v) is 11.0. The van der Waals surface area contributed by atoms with Crippen LogP contribution < -0.4 is 9.62 Å². The Morgan fingerprint density at radius 2 is 1.68 bits per heavy atom. The van der Waals surface area contributed by atoms with Crippen molar-refractivity contribution in [3.8, 4) is 0 Å². The summed E-state index contributed by atoms with van der Waals surface area (Å²) in [4.78, 5) is 12.6. The van der Waals surface area contributed by atoms with E-state index in [1.54, 1.807) is 31.2 Å². The van der Waals surface area contributed by atoms with E-state index >= 15 is 0 Å². The average molecular weight is 407 g/mol. The van der Waals surface area contributed by atoms with Crippen LogP contribution in [0.2, 0.25) is 0 Å². The monoisotopic (exact) mass is 406 g/mol. The fraction of sp³-hybridized carbons (Fsp3) is 0.381. The van der Waals surface area contributed by atoms with Gasteiger partial charge < -0.3 is 5.32 Å². The summed E-state index contributed by atoms with van der Waals surface area (Å²) in [6.07, 6.45) is 2.47. The first-order chi connectivity index (χ1) is 13.1. The molecular formula is C21H27FN2O3S. The molecule has 0 aromatic heterocycles. The van der Waals surface area contributed by atoms with Gasteiger partial charge in [-0.05, 0) is 74.6 Å². The summed E-state index contributed by atoms with van der Waals surface area (Å²) < 4.78 is 38.8. The van der Waals surface area contributed by atoms with Crippen molar-refractivity contribution >= 4 is 21.6 Å². The SMILES string of the molecule is Cc1cc(C)cc(N(C(C)C(=O)NCCCc2ccc(F)cc2)S(C)(=O)=O)c1. The quantitative estimate of drug-likeness (QED) is 0.684. The number of nitrogens with zero attached hydrogens (tertiary/aromatic N) is 1. The van der Waals surface area contributed by atoms with E-state index in [9.17, 15) is 17.6 Å². The number of nitrogens with one attached hydrogen (secondary N) is 1. The van der Waals surface area contributed by atoms with Gasteiger partial charge in [0.2, 0.25) is 15.9 Å². The molecule has 1 atom stereocenters. The van der Waals surface area contributed by atoms with E-state index in [0.717, 1.165) is 27.3 Å². The number of halogens is 1. The van der Waals surface area contributed by atoms with Crippen LogP contribution in [0.1, 0.15) is 30.0 Å². The van der Waals surface area contributed by atoms with Gasteiger partial charge in [-0.2, -0.15) is 0 Å². The van der Waals surface area contributed by atoms with Gasteiger partial charge in [0.05, 0.1) is 11.9 Å². The highest BCUT2D eigenvalue weighted by Gasteiger charge is 2.29. The highest BCUT2D eigenvalue weighted by atomic mass is 32.2. The van der Waals surface area contributed by atoms with Crippen LogP contribution in [0, 0.1) is 19.7 Å². The number of carbonyl (C=O) groups excluding carboxylic acids is 1. The first kappa shape index (κ1) is 21.9. The van der Waals surface area contributed by atoms with Gasteiger partial charge in [-0.1, -0.05) is 18.2 Å². The predicted molar refractivity (Wildman–Crippen MR) is 110 cm³/mol. The van der Waals surface area contributed by atoms with Crippen LogP contribution >= 0.6 is 0 Å². The Hall–Kier alpha value is -2.41. The smallest absolute Gasteiger partial charge is 0.243 e. The molecule has 0 aliphatic heterocycles. The van der Waals surface area contributed by atoms with Gasteiger partial charge in [0.1, 0.15) is 11.9 Å². The molecule has 7 heteroatoms. The molecule has 0 bridgehead atoms. The molecule has 0 aliphatic rings. The molecule has 2 rings (SSSR count). The van der Waals surface area contributed by atoms with Gasteiger partial charge in [0.15, 0.2) is 0 Å².